The average molecular weight is 493 g/mol. The predicted molar refractivity (Wildman–Crippen MR) is 133 cm³/mol. The molecule has 36 heavy (non-hydrogen) atoms. The molecule has 1 N–H and O–H groups in total. The van der Waals surface area contributed by atoms with Crippen molar-refractivity contribution in [3.8, 4) is 0 Å². The molecular formula is C29H32O7. The SMILES string of the molecule is CC(=O)OC1C(OCc2ccccc2)C(O)OC(COCc2ccccc2)C1OCc1ccccc1. The molecule has 4 rings (SSSR count). The first kappa shape index (κ1) is 26.0. The van der Waals surface area contributed by atoms with Gasteiger partial charge in [0, 0.05) is 6.92 Å². The van der Waals surface area contributed by atoms with Crippen LogP contribution in [0.5, 0.6) is 0 Å². The number of rotatable bonds is 11. The van der Waals surface area contributed by atoms with Gasteiger partial charge in [-0.15, -0.1) is 0 Å². The maximum Gasteiger partial charge on any atom is 0.303 e. The van der Waals surface area contributed by atoms with Gasteiger partial charge in [0.1, 0.15) is 18.3 Å². The molecule has 190 valence electrons. The molecule has 1 fully saturated rings. The van der Waals surface area contributed by atoms with E-state index in [0.29, 0.717) is 6.61 Å². The molecule has 5 atom stereocenters. The van der Waals surface area contributed by atoms with Crippen molar-refractivity contribution in [2.24, 2.45) is 0 Å². The molecule has 7 nitrogen and oxygen atoms in total. The lowest BCUT2D eigenvalue weighted by Gasteiger charge is -2.43. The van der Waals surface area contributed by atoms with E-state index >= 15 is 0 Å². The Hall–Kier alpha value is -3.07. The molecule has 1 aliphatic heterocycles. The summed E-state index contributed by atoms with van der Waals surface area (Å²) in [5.74, 6) is -0.500. The van der Waals surface area contributed by atoms with E-state index in [2.05, 4.69) is 0 Å². The summed E-state index contributed by atoms with van der Waals surface area (Å²) >= 11 is 0. The summed E-state index contributed by atoms with van der Waals surface area (Å²) in [7, 11) is 0. The number of aliphatic hydroxyl groups excluding tert-OH is 1. The fourth-order valence-corrected chi connectivity index (χ4v) is 4.13. The van der Waals surface area contributed by atoms with Crippen LogP contribution in [0.1, 0.15) is 23.6 Å². The van der Waals surface area contributed by atoms with Crippen LogP contribution in [0.25, 0.3) is 0 Å². The number of hydrogen-bond donors (Lipinski definition) is 1. The van der Waals surface area contributed by atoms with E-state index in [4.69, 9.17) is 23.7 Å². The van der Waals surface area contributed by atoms with E-state index in [-0.39, 0.29) is 19.8 Å². The fraction of sp³-hybridized carbons (Fsp3) is 0.345. The van der Waals surface area contributed by atoms with E-state index < -0.39 is 36.7 Å². The average Bonchev–Trinajstić information content (AvgIpc) is 2.89. The second kappa shape index (κ2) is 13.3. The lowest BCUT2D eigenvalue weighted by molar-refractivity contribution is -0.310. The van der Waals surface area contributed by atoms with E-state index in [1.165, 1.54) is 6.92 Å². The highest BCUT2D eigenvalue weighted by molar-refractivity contribution is 5.66. The van der Waals surface area contributed by atoms with Crippen molar-refractivity contribution in [3.05, 3.63) is 108 Å². The lowest BCUT2D eigenvalue weighted by Crippen LogP contribution is -2.61. The molecule has 1 heterocycles. The normalized spacial score (nSPS) is 23.8. The summed E-state index contributed by atoms with van der Waals surface area (Å²) in [5.41, 5.74) is 2.88. The summed E-state index contributed by atoms with van der Waals surface area (Å²) in [6.45, 7) is 2.31. The Bertz CT molecular complexity index is 1040. The van der Waals surface area contributed by atoms with Gasteiger partial charge in [-0.25, -0.2) is 0 Å². The van der Waals surface area contributed by atoms with Gasteiger partial charge >= 0.3 is 5.97 Å². The van der Waals surface area contributed by atoms with Crippen molar-refractivity contribution in [2.45, 2.75) is 57.5 Å². The monoisotopic (exact) mass is 492 g/mol. The fourth-order valence-electron chi connectivity index (χ4n) is 4.13. The molecule has 0 spiro atoms. The van der Waals surface area contributed by atoms with Gasteiger partial charge < -0.3 is 28.8 Å². The number of hydrogen-bond acceptors (Lipinski definition) is 7. The minimum atomic E-state index is -1.33. The molecule has 0 bridgehead atoms. The van der Waals surface area contributed by atoms with Crippen LogP contribution in [0.2, 0.25) is 0 Å². The Balaban J connectivity index is 1.51. The number of aliphatic hydroxyl groups is 1. The van der Waals surface area contributed by atoms with E-state index in [0.717, 1.165) is 16.7 Å². The number of ether oxygens (including phenoxy) is 5. The van der Waals surface area contributed by atoms with Gasteiger partial charge in [-0.3, -0.25) is 4.79 Å². The number of carbonyl (C=O) groups is 1. The summed E-state index contributed by atoms with van der Waals surface area (Å²) in [5, 5.41) is 10.9. The van der Waals surface area contributed by atoms with E-state index in [1.807, 2.05) is 91.0 Å². The van der Waals surface area contributed by atoms with Crippen LogP contribution in [-0.2, 0) is 48.3 Å². The second-order valence-electron chi connectivity index (χ2n) is 8.66. The molecule has 7 heteroatoms. The van der Waals surface area contributed by atoms with Crippen LogP contribution in [0.4, 0.5) is 0 Å². The minimum absolute atomic E-state index is 0.134. The van der Waals surface area contributed by atoms with Crippen LogP contribution >= 0.6 is 0 Å². The molecular weight excluding hydrogens is 460 g/mol. The third-order valence-electron chi connectivity index (χ3n) is 5.88. The third kappa shape index (κ3) is 7.46. The van der Waals surface area contributed by atoms with Gasteiger partial charge in [0.05, 0.1) is 26.4 Å². The molecule has 0 aromatic heterocycles. The van der Waals surface area contributed by atoms with Crippen LogP contribution in [-0.4, -0.2) is 48.4 Å². The standard InChI is InChI=1S/C29H32O7/c1-21(30)35-27-26(33-18-23-13-7-3-8-14-23)25(20-32-17-22-11-5-2-6-12-22)36-29(31)28(27)34-19-24-15-9-4-10-16-24/h2-16,25-29,31H,17-20H2,1H3. The van der Waals surface area contributed by atoms with Gasteiger partial charge in [-0.05, 0) is 16.7 Å². The summed E-state index contributed by atoms with van der Waals surface area (Å²) in [4.78, 5) is 12.1. The lowest BCUT2D eigenvalue weighted by atomic mass is 9.98. The summed E-state index contributed by atoms with van der Waals surface area (Å²) in [6.07, 6.45) is -4.59. The first-order chi connectivity index (χ1) is 17.6. The Morgan fingerprint density at radius 3 is 1.69 bits per heavy atom. The second-order valence-corrected chi connectivity index (χ2v) is 8.66. The number of esters is 1. The topological polar surface area (TPSA) is 83.5 Å². The van der Waals surface area contributed by atoms with Crippen molar-refractivity contribution in [1.82, 2.24) is 0 Å². The molecule has 3 aromatic rings. The van der Waals surface area contributed by atoms with E-state index in [9.17, 15) is 9.90 Å². The van der Waals surface area contributed by atoms with Gasteiger partial charge in [0.25, 0.3) is 0 Å². The summed E-state index contributed by atoms with van der Waals surface area (Å²) < 4.78 is 29.8. The maximum atomic E-state index is 12.1. The molecule has 3 aromatic carbocycles. The molecule has 1 aliphatic rings. The van der Waals surface area contributed by atoms with Crippen molar-refractivity contribution in [1.29, 1.82) is 0 Å². The highest BCUT2D eigenvalue weighted by atomic mass is 16.7. The number of carbonyl (C=O) groups excluding carboxylic acids is 1. The maximum absolute atomic E-state index is 12.1. The summed E-state index contributed by atoms with van der Waals surface area (Å²) in [6, 6.07) is 29.0. The van der Waals surface area contributed by atoms with Gasteiger partial charge in [0.2, 0.25) is 0 Å². The predicted octanol–water partition coefficient (Wildman–Crippen LogP) is 4.02. The molecule has 5 unspecified atom stereocenters. The Labute approximate surface area is 211 Å². The smallest absolute Gasteiger partial charge is 0.303 e. The molecule has 0 radical (unpaired) electrons. The highest BCUT2D eigenvalue weighted by Crippen LogP contribution is 2.29. The minimum Gasteiger partial charge on any atom is -0.457 e. The van der Waals surface area contributed by atoms with Crippen LogP contribution in [0, 0.1) is 0 Å². The Kier molecular flexibility index (Phi) is 9.61. The van der Waals surface area contributed by atoms with Gasteiger partial charge in [-0.1, -0.05) is 91.0 Å². The molecule has 1 saturated heterocycles. The largest absolute Gasteiger partial charge is 0.457 e. The quantitative estimate of drug-likeness (QED) is 0.405. The van der Waals surface area contributed by atoms with Crippen molar-refractivity contribution < 1.29 is 33.6 Å². The zero-order chi connectivity index (χ0) is 25.2. The van der Waals surface area contributed by atoms with Crippen molar-refractivity contribution in [2.75, 3.05) is 6.61 Å². The third-order valence-corrected chi connectivity index (χ3v) is 5.88. The van der Waals surface area contributed by atoms with E-state index in [1.54, 1.807) is 0 Å². The first-order valence-corrected chi connectivity index (χ1v) is 12.0. The van der Waals surface area contributed by atoms with Crippen LogP contribution in [0.3, 0.4) is 0 Å². The van der Waals surface area contributed by atoms with Gasteiger partial charge in [-0.2, -0.15) is 0 Å². The van der Waals surface area contributed by atoms with Crippen LogP contribution < -0.4 is 0 Å². The Morgan fingerprint density at radius 1 is 0.722 bits per heavy atom. The molecule has 0 aliphatic carbocycles. The first-order valence-electron chi connectivity index (χ1n) is 12.0. The van der Waals surface area contributed by atoms with Crippen molar-refractivity contribution >= 4 is 5.97 Å². The van der Waals surface area contributed by atoms with Gasteiger partial charge in [0.15, 0.2) is 12.4 Å². The highest BCUT2D eigenvalue weighted by Gasteiger charge is 2.49. The van der Waals surface area contributed by atoms with Crippen LogP contribution in [0.15, 0.2) is 91.0 Å². The molecule has 0 amide bonds. The zero-order valence-electron chi connectivity index (χ0n) is 20.3. The molecule has 0 saturated carbocycles. The van der Waals surface area contributed by atoms with Crippen molar-refractivity contribution in [3.63, 3.8) is 0 Å². The number of benzene rings is 3. The zero-order valence-corrected chi connectivity index (χ0v) is 20.3. The Morgan fingerprint density at radius 2 is 1.19 bits per heavy atom.